The molecule has 5 heteroatoms. The van der Waals surface area contributed by atoms with E-state index in [2.05, 4.69) is 0 Å². The summed E-state index contributed by atoms with van der Waals surface area (Å²) in [5.74, 6) is 0.530. The van der Waals surface area contributed by atoms with E-state index in [1.54, 1.807) is 6.92 Å². The molecule has 0 radical (unpaired) electrons. The van der Waals surface area contributed by atoms with Crippen molar-refractivity contribution in [3.8, 4) is 0 Å². The molecular formula is C3H4Cl3OP. The van der Waals surface area contributed by atoms with Gasteiger partial charge in [-0.25, -0.2) is 0 Å². The van der Waals surface area contributed by atoms with Crippen molar-refractivity contribution in [3.05, 3.63) is 11.3 Å². The molecule has 1 nitrogen and oxygen atoms in total. The zero-order chi connectivity index (χ0) is 6.57. The van der Waals surface area contributed by atoms with Crippen LogP contribution in [0.15, 0.2) is 11.3 Å². The number of hydrogen-bond acceptors (Lipinski definition) is 1. The number of rotatable bonds is 2. The Kier molecular flexibility index (Phi) is 5.19. The van der Waals surface area contributed by atoms with Crippen LogP contribution < -0.4 is 0 Å². The normalized spacial score (nSPS) is 12.4. The molecule has 0 atom stereocenters. The molecule has 8 heavy (non-hydrogen) atoms. The van der Waals surface area contributed by atoms with Gasteiger partial charge in [0.25, 0.3) is 6.85 Å². The monoisotopic (exact) mass is 192 g/mol. The van der Waals surface area contributed by atoms with E-state index in [9.17, 15) is 0 Å². The second-order valence-corrected chi connectivity index (χ2v) is 4.18. The van der Waals surface area contributed by atoms with Gasteiger partial charge < -0.3 is 4.52 Å². The Morgan fingerprint density at radius 1 is 1.62 bits per heavy atom. The van der Waals surface area contributed by atoms with Gasteiger partial charge in [0.15, 0.2) is 0 Å². The Balaban J connectivity index is 3.39. The Morgan fingerprint density at radius 3 is 2.25 bits per heavy atom. The fourth-order valence-corrected chi connectivity index (χ4v) is 1.16. The molecule has 0 unspecified atom stereocenters. The van der Waals surface area contributed by atoms with E-state index >= 15 is 0 Å². The molecule has 0 aromatic carbocycles. The summed E-state index contributed by atoms with van der Waals surface area (Å²) in [6.45, 7) is 0.320. The maximum atomic E-state index is 5.26. The highest BCUT2D eigenvalue weighted by molar-refractivity contribution is 8.00. The lowest BCUT2D eigenvalue weighted by atomic mass is 10.7. The van der Waals surface area contributed by atoms with Crippen molar-refractivity contribution in [1.82, 2.24) is 0 Å². The first-order chi connectivity index (χ1) is 3.66. The fraction of sp³-hybridized carbons (Fsp3) is 0.333. The molecule has 0 N–H and O–H groups in total. The summed E-state index contributed by atoms with van der Waals surface area (Å²) < 4.78 is 4.72. The Labute approximate surface area is 64.0 Å². The smallest absolute Gasteiger partial charge is 0.284 e. The number of hydrogen-bond donors (Lipinski definition) is 0. The van der Waals surface area contributed by atoms with Crippen LogP contribution in [0.3, 0.4) is 0 Å². The largest absolute Gasteiger partial charge is 0.449 e. The van der Waals surface area contributed by atoms with Gasteiger partial charge >= 0.3 is 0 Å². The van der Waals surface area contributed by atoms with Crippen LogP contribution in [0.2, 0.25) is 0 Å². The van der Waals surface area contributed by atoms with Gasteiger partial charge in [0, 0.05) is 5.54 Å². The second-order valence-electron chi connectivity index (χ2n) is 1.01. The van der Waals surface area contributed by atoms with Crippen LogP contribution in [0.1, 0.15) is 6.92 Å². The van der Waals surface area contributed by atoms with Gasteiger partial charge in [0.2, 0.25) is 0 Å². The molecule has 0 aliphatic heterocycles. The average molecular weight is 193 g/mol. The molecule has 48 valence electrons. The molecule has 0 heterocycles. The van der Waals surface area contributed by atoms with E-state index in [-0.39, 0.29) is 0 Å². The summed E-state index contributed by atoms with van der Waals surface area (Å²) in [7, 11) is 0. The Hall–Kier alpha value is 0.840. The minimum Gasteiger partial charge on any atom is -0.449 e. The third-order valence-corrected chi connectivity index (χ3v) is 1.51. The lowest BCUT2D eigenvalue weighted by Crippen LogP contribution is -1.69. The summed E-state index contributed by atoms with van der Waals surface area (Å²) >= 11 is 15.7. The molecular weight excluding hydrogens is 189 g/mol. The Morgan fingerprint density at radius 2 is 2.12 bits per heavy atom. The van der Waals surface area contributed by atoms with E-state index < -0.39 is 6.85 Å². The van der Waals surface area contributed by atoms with Crippen LogP contribution in [0, 0.1) is 0 Å². The van der Waals surface area contributed by atoms with Crippen LogP contribution >= 0.6 is 40.9 Å². The maximum Gasteiger partial charge on any atom is 0.284 e. The minimum atomic E-state index is -1.35. The van der Waals surface area contributed by atoms with E-state index in [1.807, 2.05) is 0 Å². The highest BCUT2D eigenvalue weighted by atomic mass is 35.9. The molecule has 0 aromatic heterocycles. The van der Waals surface area contributed by atoms with Crippen LogP contribution in [0.25, 0.3) is 0 Å². The van der Waals surface area contributed by atoms with E-state index in [1.165, 1.54) is 5.54 Å². The third-order valence-electron chi connectivity index (χ3n) is 0.367. The SMILES string of the molecule is C/C(=C\Cl)OP(Cl)Cl. The van der Waals surface area contributed by atoms with Gasteiger partial charge in [-0.3, -0.25) is 0 Å². The molecule has 0 bridgehead atoms. The summed E-state index contributed by atoms with van der Waals surface area (Å²) in [6.07, 6.45) is 0. The summed E-state index contributed by atoms with van der Waals surface area (Å²) in [5, 5.41) is 0. The first kappa shape index (κ1) is 8.84. The van der Waals surface area contributed by atoms with E-state index in [0.717, 1.165) is 0 Å². The van der Waals surface area contributed by atoms with Crippen LogP contribution in [0.5, 0.6) is 0 Å². The lowest BCUT2D eigenvalue weighted by Gasteiger charge is -2.01. The number of halogens is 3. The molecule has 0 amide bonds. The average Bonchev–Trinajstić information content (AvgIpc) is 1.65. The molecule has 0 spiro atoms. The maximum absolute atomic E-state index is 5.26. The predicted octanol–water partition coefficient (Wildman–Crippen LogP) is 3.81. The first-order valence-corrected chi connectivity index (χ1v) is 5.24. The van der Waals surface area contributed by atoms with Crippen LogP contribution in [-0.2, 0) is 4.52 Å². The van der Waals surface area contributed by atoms with Crippen LogP contribution in [0.4, 0.5) is 0 Å². The predicted molar refractivity (Wildman–Crippen MR) is 39.3 cm³/mol. The summed E-state index contributed by atoms with van der Waals surface area (Å²) in [6, 6.07) is 0. The fourth-order valence-electron chi connectivity index (χ4n) is 0.129. The van der Waals surface area contributed by atoms with Crippen molar-refractivity contribution in [2.24, 2.45) is 0 Å². The minimum absolute atomic E-state index is 0.530. The van der Waals surface area contributed by atoms with Gasteiger partial charge in [0.1, 0.15) is 5.76 Å². The molecule has 0 fully saturated rings. The Bertz CT molecular complexity index is 92.5. The third kappa shape index (κ3) is 4.99. The first-order valence-electron chi connectivity index (χ1n) is 1.73. The van der Waals surface area contributed by atoms with Gasteiger partial charge in [-0.05, 0) is 29.4 Å². The van der Waals surface area contributed by atoms with Crippen molar-refractivity contribution in [1.29, 1.82) is 0 Å². The molecule has 0 saturated heterocycles. The standard InChI is InChI=1S/C3H4Cl3OP/c1-3(2-4)7-8(5)6/h2H,1H3/b3-2+. The van der Waals surface area contributed by atoms with E-state index in [0.29, 0.717) is 5.76 Å². The van der Waals surface area contributed by atoms with Gasteiger partial charge in [-0.1, -0.05) is 11.6 Å². The summed E-state index contributed by atoms with van der Waals surface area (Å²) in [5.41, 5.74) is 1.28. The highest BCUT2D eigenvalue weighted by Crippen LogP contribution is 2.49. The zero-order valence-electron chi connectivity index (χ0n) is 4.07. The lowest BCUT2D eigenvalue weighted by molar-refractivity contribution is 0.494. The molecule has 0 saturated carbocycles. The molecule has 0 aliphatic carbocycles. The zero-order valence-corrected chi connectivity index (χ0v) is 7.23. The van der Waals surface area contributed by atoms with Crippen molar-refractivity contribution in [3.63, 3.8) is 0 Å². The van der Waals surface area contributed by atoms with Crippen molar-refractivity contribution >= 4 is 40.9 Å². The van der Waals surface area contributed by atoms with Gasteiger partial charge in [-0.15, -0.1) is 0 Å². The number of allylic oxidation sites excluding steroid dienone is 1. The van der Waals surface area contributed by atoms with Crippen molar-refractivity contribution in [2.45, 2.75) is 6.92 Å². The van der Waals surface area contributed by atoms with E-state index in [4.69, 9.17) is 38.6 Å². The van der Waals surface area contributed by atoms with Crippen molar-refractivity contribution < 1.29 is 4.52 Å². The van der Waals surface area contributed by atoms with Crippen LogP contribution in [-0.4, -0.2) is 0 Å². The van der Waals surface area contributed by atoms with Gasteiger partial charge in [0.05, 0.1) is 0 Å². The summed E-state index contributed by atoms with van der Waals surface area (Å²) in [4.78, 5) is 0. The quantitative estimate of drug-likeness (QED) is 0.479. The molecule has 0 rings (SSSR count). The molecule has 0 aliphatic rings. The second kappa shape index (κ2) is 4.69. The molecule has 0 aromatic rings. The highest BCUT2D eigenvalue weighted by Gasteiger charge is 1.98. The van der Waals surface area contributed by atoms with Crippen molar-refractivity contribution in [2.75, 3.05) is 0 Å². The topological polar surface area (TPSA) is 9.23 Å². The van der Waals surface area contributed by atoms with Gasteiger partial charge in [-0.2, -0.15) is 0 Å².